The molecule has 3 aromatic rings. The summed E-state index contributed by atoms with van der Waals surface area (Å²) in [5.74, 6) is 0. The Morgan fingerprint density at radius 3 is 2.64 bits per heavy atom. The van der Waals surface area contributed by atoms with Gasteiger partial charge in [-0.3, -0.25) is 4.79 Å². The van der Waals surface area contributed by atoms with Gasteiger partial charge in [-0.2, -0.15) is 5.26 Å². The van der Waals surface area contributed by atoms with Crippen LogP contribution in [0.25, 0.3) is 21.8 Å². The molecule has 0 saturated carbocycles. The molecule has 2 aromatic heterocycles. The van der Waals surface area contributed by atoms with E-state index in [2.05, 4.69) is 22.1 Å². The molecule has 0 bridgehead atoms. The highest BCUT2D eigenvalue weighted by Gasteiger charge is 2.11. The summed E-state index contributed by atoms with van der Waals surface area (Å²) in [6.45, 7) is 3.85. The van der Waals surface area contributed by atoms with E-state index in [-0.39, 0.29) is 11.1 Å². The van der Waals surface area contributed by atoms with Crippen molar-refractivity contribution >= 4 is 11.3 Å². The van der Waals surface area contributed by atoms with Crippen LogP contribution in [0.15, 0.2) is 40.5 Å². The number of aryl methyl sites for hydroxylation is 2. The van der Waals surface area contributed by atoms with E-state index >= 15 is 0 Å². The van der Waals surface area contributed by atoms with Gasteiger partial charge in [0.25, 0.3) is 5.56 Å². The van der Waals surface area contributed by atoms with Crippen LogP contribution in [-0.2, 0) is 0 Å². The van der Waals surface area contributed by atoms with E-state index in [0.29, 0.717) is 5.69 Å². The fourth-order valence-electron chi connectivity index (χ4n) is 2.20. The summed E-state index contributed by atoms with van der Waals surface area (Å²) < 4.78 is 0. The lowest BCUT2D eigenvalue weighted by Gasteiger charge is -2.02. The monoisotopic (exact) mass is 307 g/mol. The van der Waals surface area contributed by atoms with Crippen molar-refractivity contribution in [1.29, 1.82) is 5.26 Å². The Morgan fingerprint density at radius 1 is 1.23 bits per heavy atom. The molecule has 3 rings (SSSR count). The van der Waals surface area contributed by atoms with Gasteiger partial charge in [-0.1, -0.05) is 29.8 Å². The molecule has 5 heteroatoms. The number of aromatic nitrogens is 2. The van der Waals surface area contributed by atoms with Crippen LogP contribution in [0.4, 0.5) is 0 Å². The summed E-state index contributed by atoms with van der Waals surface area (Å²) in [7, 11) is 0. The van der Waals surface area contributed by atoms with E-state index in [1.165, 1.54) is 5.56 Å². The van der Waals surface area contributed by atoms with Crippen molar-refractivity contribution in [2.75, 3.05) is 0 Å². The molecule has 0 radical (unpaired) electrons. The van der Waals surface area contributed by atoms with E-state index in [1.807, 2.05) is 37.4 Å². The van der Waals surface area contributed by atoms with Crippen LogP contribution in [0.2, 0.25) is 0 Å². The molecule has 0 aliphatic carbocycles. The zero-order valence-corrected chi connectivity index (χ0v) is 13.0. The van der Waals surface area contributed by atoms with Gasteiger partial charge < -0.3 is 4.98 Å². The molecule has 0 spiro atoms. The Bertz CT molecular complexity index is 930. The van der Waals surface area contributed by atoms with Crippen molar-refractivity contribution in [1.82, 2.24) is 9.97 Å². The maximum Gasteiger partial charge on any atom is 0.266 e. The maximum atomic E-state index is 11.6. The number of hydrogen-bond donors (Lipinski definition) is 1. The van der Waals surface area contributed by atoms with Crippen LogP contribution in [0.1, 0.15) is 16.8 Å². The molecule has 0 aliphatic rings. The smallest absolute Gasteiger partial charge is 0.266 e. The Labute approximate surface area is 131 Å². The van der Waals surface area contributed by atoms with Crippen LogP contribution in [0.5, 0.6) is 0 Å². The standard InChI is InChI=1S/C17H13N3OS/c1-10-3-5-12(6-4-10)17-20-15(9-22-17)14-7-13(8-18)16(21)19-11(14)2/h3-7,9H,1-2H3,(H,19,21). The van der Waals surface area contributed by atoms with Crippen LogP contribution in [0.3, 0.4) is 0 Å². The van der Waals surface area contributed by atoms with Crippen molar-refractivity contribution in [3.05, 3.63) is 62.9 Å². The van der Waals surface area contributed by atoms with Gasteiger partial charge in [0.05, 0.1) is 5.69 Å². The number of nitrogens with one attached hydrogen (secondary N) is 1. The molecular weight excluding hydrogens is 294 g/mol. The minimum atomic E-state index is -0.363. The van der Waals surface area contributed by atoms with Crippen molar-refractivity contribution < 1.29 is 0 Å². The fraction of sp³-hybridized carbons (Fsp3) is 0.118. The Balaban J connectivity index is 2.06. The van der Waals surface area contributed by atoms with Gasteiger partial charge in [0.2, 0.25) is 0 Å². The Hall–Kier alpha value is -2.71. The summed E-state index contributed by atoms with van der Waals surface area (Å²) in [4.78, 5) is 19.0. The number of hydrogen-bond acceptors (Lipinski definition) is 4. The predicted octanol–water partition coefficient (Wildman–Crippen LogP) is 3.65. The predicted molar refractivity (Wildman–Crippen MR) is 87.8 cm³/mol. The number of thiazole rings is 1. The number of nitrogens with zero attached hydrogens (tertiary/aromatic N) is 2. The first kappa shape index (κ1) is 14.2. The molecular formula is C17H13N3OS. The molecule has 1 N–H and O–H groups in total. The van der Waals surface area contributed by atoms with E-state index in [0.717, 1.165) is 21.8 Å². The topological polar surface area (TPSA) is 69.5 Å². The first-order valence-corrected chi connectivity index (χ1v) is 7.63. The van der Waals surface area contributed by atoms with E-state index < -0.39 is 0 Å². The average molecular weight is 307 g/mol. The van der Waals surface area contributed by atoms with Crippen LogP contribution < -0.4 is 5.56 Å². The first-order chi connectivity index (χ1) is 10.6. The number of benzene rings is 1. The van der Waals surface area contributed by atoms with Gasteiger partial charge >= 0.3 is 0 Å². The summed E-state index contributed by atoms with van der Waals surface area (Å²) in [5, 5.41) is 11.9. The third-order valence-electron chi connectivity index (χ3n) is 3.44. The molecule has 1 aromatic carbocycles. The summed E-state index contributed by atoms with van der Waals surface area (Å²) in [5.41, 5.74) is 4.27. The van der Waals surface area contributed by atoms with Gasteiger partial charge in [-0.25, -0.2) is 4.98 Å². The second kappa shape index (κ2) is 5.58. The molecule has 0 atom stereocenters. The zero-order valence-electron chi connectivity index (χ0n) is 12.2. The maximum absolute atomic E-state index is 11.6. The van der Waals surface area contributed by atoms with Crippen molar-refractivity contribution in [3.8, 4) is 27.9 Å². The highest BCUT2D eigenvalue weighted by molar-refractivity contribution is 7.13. The molecule has 2 heterocycles. The minimum absolute atomic E-state index is 0.102. The first-order valence-electron chi connectivity index (χ1n) is 6.75. The van der Waals surface area contributed by atoms with Crippen molar-refractivity contribution in [2.24, 2.45) is 0 Å². The highest BCUT2D eigenvalue weighted by atomic mass is 32.1. The summed E-state index contributed by atoms with van der Waals surface area (Å²) in [6.07, 6.45) is 0. The van der Waals surface area contributed by atoms with Crippen molar-refractivity contribution in [3.63, 3.8) is 0 Å². The summed E-state index contributed by atoms with van der Waals surface area (Å²) >= 11 is 1.54. The second-order valence-electron chi connectivity index (χ2n) is 5.07. The van der Waals surface area contributed by atoms with E-state index in [1.54, 1.807) is 17.4 Å². The molecule has 4 nitrogen and oxygen atoms in total. The number of H-pyrrole nitrogens is 1. The fourth-order valence-corrected chi connectivity index (χ4v) is 3.02. The molecule has 22 heavy (non-hydrogen) atoms. The van der Waals surface area contributed by atoms with Gasteiger partial charge in [0.1, 0.15) is 16.6 Å². The van der Waals surface area contributed by atoms with Crippen LogP contribution in [0, 0.1) is 25.2 Å². The largest absolute Gasteiger partial charge is 0.325 e. The third-order valence-corrected chi connectivity index (χ3v) is 4.33. The molecule has 0 amide bonds. The average Bonchev–Trinajstić information content (AvgIpc) is 2.98. The lowest BCUT2D eigenvalue weighted by atomic mass is 10.1. The Kier molecular flexibility index (Phi) is 3.61. The molecule has 0 aliphatic heterocycles. The molecule has 108 valence electrons. The van der Waals surface area contributed by atoms with Crippen LogP contribution >= 0.6 is 11.3 Å². The minimum Gasteiger partial charge on any atom is -0.325 e. The van der Waals surface area contributed by atoms with Gasteiger partial charge in [-0.15, -0.1) is 11.3 Å². The highest BCUT2D eigenvalue weighted by Crippen LogP contribution is 2.30. The quantitative estimate of drug-likeness (QED) is 0.785. The second-order valence-corrected chi connectivity index (χ2v) is 5.92. The van der Waals surface area contributed by atoms with Gasteiger partial charge in [-0.05, 0) is 19.9 Å². The number of rotatable bonds is 2. The van der Waals surface area contributed by atoms with Crippen LogP contribution in [-0.4, -0.2) is 9.97 Å². The number of aromatic amines is 1. The third kappa shape index (κ3) is 2.57. The van der Waals surface area contributed by atoms with Crippen molar-refractivity contribution in [2.45, 2.75) is 13.8 Å². The van der Waals surface area contributed by atoms with E-state index in [9.17, 15) is 4.79 Å². The Morgan fingerprint density at radius 2 is 1.95 bits per heavy atom. The normalized spacial score (nSPS) is 10.4. The SMILES string of the molecule is Cc1ccc(-c2nc(-c3cc(C#N)c(=O)[nH]c3C)cs2)cc1. The molecule has 0 fully saturated rings. The van der Waals surface area contributed by atoms with E-state index in [4.69, 9.17) is 5.26 Å². The lowest BCUT2D eigenvalue weighted by molar-refractivity contribution is 1.13. The summed E-state index contributed by atoms with van der Waals surface area (Å²) in [6, 6.07) is 11.7. The zero-order chi connectivity index (χ0) is 15.7. The molecule has 0 unspecified atom stereocenters. The van der Waals surface area contributed by atoms with Gasteiger partial charge in [0.15, 0.2) is 0 Å². The lowest BCUT2D eigenvalue weighted by Crippen LogP contribution is -2.11. The molecule has 0 saturated heterocycles. The van der Waals surface area contributed by atoms with Gasteiger partial charge in [0, 0.05) is 22.2 Å². The number of pyridine rings is 1. The number of nitriles is 1.